The van der Waals surface area contributed by atoms with Gasteiger partial charge in [-0.25, -0.2) is 0 Å². The van der Waals surface area contributed by atoms with Crippen molar-refractivity contribution in [3.63, 3.8) is 0 Å². The normalized spacial score (nSPS) is 12.9. The first-order valence-corrected chi connectivity index (χ1v) is 12.7. The van der Waals surface area contributed by atoms with Gasteiger partial charge in [0.2, 0.25) is 0 Å². The highest BCUT2D eigenvalue weighted by Gasteiger charge is 2.14. The van der Waals surface area contributed by atoms with E-state index in [0.29, 0.717) is 29.9 Å². The van der Waals surface area contributed by atoms with Crippen LogP contribution in [0.5, 0.6) is 11.5 Å². The third-order valence-corrected chi connectivity index (χ3v) is 6.73. The second-order valence-corrected chi connectivity index (χ2v) is 9.63. The molecule has 4 rings (SSSR count). The van der Waals surface area contributed by atoms with Crippen molar-refractivity contribution in [3.8, 4) is 11.5 Å². The summed E-state index contributed by atoms with van der Waals surface area (Å²) in [5, 5.41) is 36.8. The fourth-order valence-electron chi connectivity index (χ4n) is 4.64. The summed E-state index contributed by atoms with van der Waals surface area (Å²) in [7, 11) is 1.63. The van der Waals surface area contributed by atoms with E-state index < -0.39 is 6.10 Å². The highest BCUT2D eigenvalue weighted by molar-refractivity contribution is 5.98. The molecule has 2 atom stereocenters. The topological polar surface area (TPSA) is 127 Å². The number of benzene rings is 3. The predicted octanol–water partition coefficient (Wildman–Crippen LogP) is 3.87. The molecule has 0 bridgehead atoms. The number of carbonyl (C=O) groups excluding carboxylic acids is 1. The summed E-state index contributed by atoms with van der Waals surface area (Å²) >= 11 is 0. The van der Waals surface area contributed by atoms with Gasteiger partial charge in [-0.05, 0) is 67.3 Å². The van der Waals surface area contributed by atoms with Crippen LogP contribution in [-0.2, 0) is 19.6 Å². The van der Waals surface area contributed by atoms with Gasteiger partial charge in [0.1, 0.15) is 17.2 Å². The minimum absolute atomic E-state index is 0.0112. The van der Waals surface area contributed by atoms with E-state index in [1.165, 1.54) is 6.07 Å². The summed E-state index contributed by atoms with van der Waals surface area (Å²) in [6, 6.07) is 18.6. The van der Waals surface area contributed by atoms with Crippen LogP contribution in [-0.4, -0.2) is 45.9 Å². The first-order chi connectivity index (χ1) is 18.3. The number of amides is 1. The minimum Gasteiger partial charge on any atom is -0.508 e. The molecule has 1 heterocycles. The van der Waals surface area contributed by atoms with Gasteiger partial charge >= 0.3 is 0 Å². The van der Waals surface area contributed by atoms with E-state index in [0.717, 1.165) is 39.8 Å². The summed E-state index contributed by atoms with van der Waals surface area (Å²) in [5.74, 6) is 0.605. The Labute approximate surface area is 222 Å². The molecular weight excluding hydrogens is 482 g/mol. The molecule has 0 fully saturated rings. The van der Waals surface area contributed by atoms with Gasteiger partial charge in [-0.15, -0.1) is 0 Å². The molecule has 38 heavy (non-hydrogen) atoms. The number of fused-ring (bicyclic) bond motifs is 1. The molecule has 4 aromatic rings. The van der Waals surface area contributed by atoms with Crippen LogP contribution in [0.25, 0.3) is 10.9 Å². The van der Waals surface area contributed by atoms with E-state index in [1.54, 1.807) is 19.2 Å². The van der Waals surface area contributed by atoms with Crippen LogP contribution in [0.2, 0.25) is 0 Å². The number of aryl methyl sites for hydroxylation is 1. The van der Waals surface area contributed by atoms with Crippen molar-refractivity contribution in [2.45, 2.75) is 45.6 Å². The molecule has 8 nitrogen and oxygen atoms in total. The van der Waals surface area contributed by atoms with Gasteiger partial charge in [-0.2, -0.15) is 0 Å². The van der Waals surface area contributed by atoms with Gasteiger partial charge in [-0.3, -0.25) is 4.79 Å². The number of hydrogen-bond acceptors (Lipinski definition) is 6. The fraction of sp³-hybridized carbons (Fsp3) is 0.300. The summed E-state index contributed by atoms with van der Waals surface area (Å²) in [5.41, 5.74) is 5.44. The Morgan fingerprint density at radius 3 is 2.66 bits per heavy atom. The fourth-order valence-corrected chi connectivity index (χ4v) is 4.64. The second kappa shape index (κ2) is 12.1. The minimum atomic E-state index is -0.767. The van der Waals surface area contributed by atoms with E-state index in [1.807, 2.05) is 50.2 Å². The Bertz CT molecular complexity index is 1410. The van der Waals surface area contributed by atoms with E-state index in [2.05, 4.69) is 21.7 Å². The first kappa shape index (κ1) is 27.2. The molecule has 200 valence electrons. The molecule has 0 saturated heterocycles. The highest BCUT2D eigenvalue weighted by atomic mass is 16.5. The molecule has 0 radical (unpaired) electrons. The molecule has 0 aliphatic heterocycles. The van der Waals surface area contributed by atoms with Crippen LogP contribution in [0.1, 0.15) is 51.3 Å². The van der Waals surface area contributed by atoms with Crippen LogP contribution in [0, 0.1) is 6.92 Å². The number of aliphatic hydroxyl groups excluding tert-OH is 2. The number of carbonyl (C=O) groups is 1. The Kier molecular flexibility index (Phi) is 8.68. The molecule has 0 saturated carbocycles. The molecule has 0 aliphatic carbocycles. The largest absolute Gasteiger partial charge is 0.508 e. The number of ether oxygens (including phenoxy) is 1. The van der Waals surface area contributed by atoms with Gasteiger partial charge in [-0.1, -0.05) is 30.3 Å². The Morgan fingerprint density at radius 1 is 1.08 bits per heavy atom. The maximum Gasteiger partial charge on any atom is 0.267 e. The molecule has 0 spiro atoms. The SMILES string of the molecule is COc1c(C)cccc1CNC(=O)c1cc2cc(C[C@@H](C)NC[C@H](O)c3ccc(O)c(CO)c3)ccc2[nH]1. The average Bonchev–Trinajstić information content (AvgIpc) is 3.34. The average molecular weight is 518 g/mol. The Morgan fingerprint density at radius 2 is 1.89 bits per heavy atom. The van der Waals surface area contributed by atoms with E-state index >= 15 is 0 Å². The zero-order valence-electron chi connectivity index (χ0n) is 21.9. The van der Waals surface area contributed by atoms with E-state index in [9.17, 15) is 20.1 Å². The van der Waals surface area contributed by atoms with Crippen molar-refractivity contribution >= 4 is 16.8 Å². The molecule has 0 aliphatic rings. The third-order valence-electron chi connectivity index (χ3n) is 6.73. The molecule has 3 aromatic carbocycles. The number of hydrogen-bond donors (Lipinski definition) is 6. The van der Waals surface area contributed by atoms with Gasteiger partial charge < -0.3 is 35.7 Å². The summed E-state index contributed by atoms with van der Waals surface area (Å²) < 4.78 is 5.48. The second-order valence-electron chi connectivity index (χ2n) is 9.63. The number of para-hydroxylation sites is 1. The van der Waals surface area contributed by atoms with Crippen LogP contribution in [0.4, 0.5) is 0 Å². The number of nitrogens with one attached hydrogen (secondary N) is 3. The Hall–Kier alpha value is -3.85. The van der Waals surface area contributed by atoms with Crippen LogP contribution < -0.4 is 15.4 Å². The molecule has 6 N–H and O–H groups in total. The number of phenols is 1. The number of aromatic nitrogens is 1. The zero-order valence-corrected chi connectivity index (χ0v) is 21.9. The number of H-pyrrole nitrogens is 1. The highest BCUT2D eigenvalue weighted by Crippen LogP contribution is 2.24. The van der Waals surface area contributed by atoms with Gasteiger partial charge in [0.25, 0.3) is 5.91 Å². The van der Waals surface area contributed by atoms with E-state index in [4.69, 9.17) is 4.74 Å². The van der Waals surface area contributed by atoms with Crippen LogP contribution >= 0.6 is 0 Å². The summed E-state index contributed by atoms with van der Waals surface area (Å²) in [6.07, 6.45) is -0.0312. The van der Waals surface area contributed by atoms with Gasteiger partial charge in [0.05, 0.1) is 19.8 Å². The monoisotopic (exact) mass is 517 g/mol. The van der Waals surface area contributed by atoms with Crippen molar-refractivity contribution in [2.24, 2.45) is 0 Å². The lowest BCUT2D eigenvalue weighted by Crippen LogP contribution is -2.32. The number of aromatic amines is 1. The third kappa shape index (κ3) is 6.34. The molecular formula is C30H35N3O5. The first-order valence-electron chi connectivity index (χ1n) is 12.7. The maximum absolute atomic E-state index is 12.8. The van der Waals surface area contributed by atoms with Crippen molar-refractivity contribution in [1.29, 1.82) is 0 Å². The quantitative estimate of drug-likeness (QED) is 0.179. The lowest BCUT2D eigenvalue weighted by atomic mass is 10.0. The number of aliphatic hydroxyl groups is 2. The van der Waals surface area contributed by atoms with E-state index in [-0.39, 0.29) is 24.3 Å². The standard InChI is InChI=1S/C30H35N3O5/c1-18-5-4-6-22(29(18)38-3)15-32-30(37)26-14-23-12-20(7-9-25(23)33-26)11-19(2)31-16-28(36)21-8-10-27(35)24(13-21)17-34/h4-10,12-14,19,28,31,33-36H,11,15-17H2,1-3H3,(H,32,37)/t19-,28+/m1/s1. The van der Waals surface area contributed by atoms with Gasteiger partial charge in [0, 0.05) is 41.2 Å². The lowest BCUT2D eigenvalue weighted by Gasteiger charge is -2.18. The predicted molar refractivity (Wildman–Crippen MR) is 147 cm³/mol. The molecule has 0 unspecified atom stereocenters. The van der Waals surface area contributed by atoms with Crippen LogP contribution in [0.15, 0.2) is 60.7 Å². The lowest BCUT2D eigenvalue weighted by molar-refractivity contribution is 0.0946. The van der Waals surface area contributed by atoms with Crippen molar-refractivity contribution in [2.75, 3.05) is 13.7 Å². The van der Waals surface area contributed by atoms with Crippen molar-refractivity contribution in [3.05, 3.63) is 94.2 Å². The summed E-state index contributed by atoms with van der Waals surface area (Å²) in [6.45, 7) is 4.43. The molecule has 1 amide bonds. The summed E-state index contributed by atoms with van der Waals surface area (Å²) in [4.78, 5) is 16.0. The van der Waals surface area contributed by atoms with Crippen LogP contribution in [0.3, 0.4) is 0 Å². The smallest absolute Gasteiger partial charge is 0.267 e. The number of methoxy groups -OCH3 is 1. The number of rotatable bonds is 11. The zero-order chi connectivity index (χ0) is 27.2. The van der Waals surface area contributed by atoms with Crippen molar-refractivity contribution < 1.29 is 24.9 Å². The van der Waals surface area contributed by atoms with Crippen molar-refractivity contribution in [1.82, 2.24) is 15.6 Å². The van der Waals surface area contributed by atoms with Gasteiger partial charge in [0.15, 0.2) is 0 Å². The number of aromatic hydroxyl groups is 1. The molecule has 1 aromatic heterocycles. The Balaban J connectivity index is 1.34. The molecule has 8 heteroatoms. The maximum atomic E-state index is 12.8.